The Labute approximate surface area is 138 Å². The van der Waals surface area contributed by atoms with Crippen LogP contribution in [0.3, 0.4) is 0 Å². The monoisotopic (exact) mass is 324 g/mol. The zero-order valence-corrected chi connectivity index (χ0v) is 13.3. The Morgan fingerprint density at radius 3 is 2.71 bits per heavy atom. The van der Waals surface area contributed by atoms with Crippen molar-refractivity contribution in [1.29, 1.82) is 0 Å². The molecule has 24 heavy (non-hydrogen) atoms. The third kappa shape index (κ3) is 3.10. The third-order valence-electron chi connectivity index (χ3n) is 3.45. The van der Waals surface area contributed by atoms with Crippen LogP contribution in [0.2, 0.25) is 0 Å². The summed E-state index contributed by atoms with van der Waals surface area (Å²) in [6.07, 6.45) is 1.85. The highest BCUT2D eigenvalue weighted by atomic mass is 16.5. The van der Waals surface area contributed by atoms with E-state index in [9.17, 15) is 4.79 Å². The summed E-state index contributed by atoms with van der Waals surface area (Å²) in [6.45, 7) is 0. The van der Waals surface area contributed by atoms with Gasteiger partial charge in [0.05, 0.1) is 26.3 Å². The van der Waals surface area contributed by atoms with Crippen molar-refractivity contribution in [3.8, 4) is 5.75 Å². The SMILES string of the molecule is COC(=O)Cc1nc2ccccn2c1N=Nc1ccccc1OC. The molecule has 0 saturated heterocycles. The predicted molar refractivity (Wildman–Crippen MR) is 88.1 cm³/mol. The molecule has 0 atom stereocenters. The van der Waals surface area contributed by atoms with Gasteiger partial charge in [-0.3, -0.25) is 9.20 Å². The molecule has 3 aromatic rings. The van der Waals surface area contributed by atoms with Gasteiger partial charge in [0.2, 0.25) is 0 Å². The molecule has 2 aromatic heterocycles. The lowest BCUT2D eigenvalue weighted by molar-refractivity contribution is -0.139. The summed E-state index contributed by atoms with van der Waals surface area (Å²) in [4.78, 5) is 16.1. The van der Waals surface area contributed by atoms with Crippen LogP contribution >= 0.6 is 0 Å². The molecule has 0 aliphatic heterocycles. The fraction of sp³-hybridized carbons (Fsp3) is 0.176. The van der Waals surface area contributed by atoms with Crippen LogP contribution in [0.5, 0.6) is 5.75 Å². The van der Waals surface area contributed by atoms with Crippen LogP contribution in [-0.4, -0.2) is 29.6 Å². The van der Waals surface area contributed by atoms with Crippen LogP contribution < -0.4 is 4.74 Å². The first kappa shape index (κ1) is 15.7. The second kappa shape index (κ2) is 6.91. The number of aromatic nitrogens is 2. The number of methoxy groups -OCH3 is 2. The van der Waals surface area contributed by atoms with E-state index < -0.39 is 0 Å². The van der Waals surface area contributed by atoms with E-state index in [0.717, 1.165) is 0 Å². The molecule has 3 rings (SSSR count). The molecule has 0 radical (unpaired) electrons. The standard InChI is InChI=1S/C17H16N4O3/c1-23-14-8-4-3-7-12(14)19-20-17-13(11-16(22)24-2)18-15-9-5-6-10-21(15)17/h3-10H,11H2,1-2H3. The highest BCUT2D eigenvalue weighted by molar-refractivity contribution is 5.74. The predicted octanol–water partition coefficient (Wildman–Crippen LogP) is 3.47. The summed E-state index contributed by atoms with van der Waals surface area (Å²) in [5.74, 6) is 0.721. The Morgan fingerprint density at radius 2 is 1.92 bits per heavy atom. The molecular weight excluding hydrogens is 308 g/mol. The van der Waals surface area contributed by atoms with Gasteiger partial charge in [-0.25, -0.2) is 4.98 Å². The number of azo groups is 1. The first-order chi connectivity index (χ1) is 11.7. The highest BCUT2D eigenvalue weighted by Crippen LogP contribution is 2.30. The summed E-state index contributed by atoms with van der Waals surface area (Å²) in [6, 6.07) is 12.9. The number of para-hydroxylation sites is 1. The molecule has 7 heteroatoms. The molecule has 122 valence electrons. The number of fused-ring (bicyclic) bond motifs is 1. The average molecular weight is 324 g/mol. The first-order valence-corrected chi connectivity index (χ1v) is 7.30. The Morgan fingerprint density at radius 1 is 1.12 bits per heavy atom. The number of imidazole rings is 1. The quantitative estimate of drug-likeness (QED) is 0.532. The third-order valence-corrected chi connectivity index (χ3v) is 3.45. The molecule has 0 amide bonds. The molecule has 0 fully saturated rings. The molecule has 0 N–H and O–H groups in total. The maximum absolute atomic E-state index is 11.6. The van der Waals surface area contributed by atoms with Crippen molar-refractivity contribution in [1.82, 2.24) is 9.38 Å². The first-order valence-electron chi connectivity index (χ1n) is 7.30. The topological polar surface area (TPSA) is 77.5 Å². The van der Waals surface area contributed by atoms with Gasteiger partial charge in [-0.2, -0.15) is 0 Å². The summed E-state index contributed by atoms with van der Waals surface area (Å²) in [5, 5.41) is 8.55. The Kier molecular flexibility index (Phi) is 4.51. The van der Waals surface area contributed by atoms with Gasteiger partial charge in [-0.1, -0.05) is 18.2 Å². The van der Waals surface area contributed by atoms with Crippen molar-refractivity contribution in [2.75, 3.05) is 14.2 Å². The molecule has 7 nitrogen and oxygen atoms in total. The van der Waals surface area contributed by atoms with Crippen LogP contribution in [0.15, 0.2) is 58.9 Å². The van der Waals surface area contributed by atoms with E-state index in [-0.39, 0.29) is 12.4 Å². The number of ether oxygens (including phenoxy) is 2. The van der Waals surface area contributed by atoms with E-state index in [1.165, 1.54) is 7.11 Å². The van der Waals surface area contributed by atoms with Gasteiger partial charge in [0.1, 0.15) is 17.1 Å². The number of benzene rings is 1. The maximum Gasteiger partial charge on any atom is 0.311 e. The van der Waals surface area contributed by atoms with Crippen LogP contribution in [0.25, 0.3) is 5.65 Å². The zero-order valence-electron chi connectivity index (χ0n) is 13.3. The van der Waals surface area contributed by atoms with Crippen LogP contribution in [0.4, 0.5) is 11.5 Å². The molecule has 0 saturated carbocycles. The van der Waals surface area contributed by atoms with Gasteiger partial charge in [-0.15, -0.1) is 10.2 Å². The highest BCUT2D eigenvalue weighted by Gasteiger charge is 2.15. The minimum Gasteiger partial charge on any atom is -0.494 e. The Balaban J connectivity index is 2.05. The number of hydrogen-bond donors (Lipinski definition) is 0. The Hall–Kier alpha value is -3.22. The number of esters is 1. The number of carbonyl (C=O) groups excluding carboxylic acids is 1. The van der Waals surface area contributed by atoms with Crippen molar-refractivity contribution in [3.05, 3.63) is 54.4 Å². The van der Waals surface area contributed by atoms with E-state index in [1.54, 1.807) is 23.6 Å². The molecule has 1 aromatic carbocycles. The number of carbonyl (C=O) groups is 1. The number of pyridine rings is 1. The maximum atomic E-state index is 11.6. The summed E-state index contributed by atoms with van der Waals surface area (Å²) >= 11 is 0. The fourth-order valence-corrected chi connectivity index (χ4v) is 2.28. The van der Waals surface area contributed by atoms with Crippen molar-refractivity contribution < 1.29 is 14.3 Å². The number of hydrogen-bond acceptors (Lipinski definition) is 6. The lowest BCUT2D eigenvalue weighted by Crippen LogP contribution is -2.04. The van der Waals surface area contributed by atoms with Gasteiger partial charge in [0, 0.05) is 6.20 Å². The lowest BCUT2D eigenvalue weighted by atomic mass is 10.3. The van der Waals surface area contributed by atoms with Gasteiger partial charge in [0.25, 0.3) is 0 Å². The average Bonchev–Trinajstić information content (AvgIpc) is 2.97. The van der Waals surface area contributed by atoms with Gasteiger partial charge < -0.3 is 9.47 Å². The second-order valence-electron chi connectivity index (χ2n) is 4.94. The minimum absolute atomic E-state index is 0.0262. The van der Waals surface area contributed by atoms with Crippen LogP contribution in [-0.2, 0) is 16.0 Å². The fourth-order valence-electron chi connectivity index (χ4n) is 2.28. The Bertz CT molecular complexity index is 902. The molecule has 0 aliphatic rings. The van der Waals surface area contributed by atoms with Gasteiger partial charge in [0.15, 0.2) is 5.82 Å². The van der Waals surface area contributed by atoms with Gasteiger partial charge in [-0.05, 0) is 24.3 Å². The largest absolute Gasteiger partial charge is 0.494 e. The zero-order chi connectivity index (χ0) is 16.9. The van der Waals surface area contributed by atoms with E-state index in [2.05, 4.69) is 15.2 Å². The second-order valence-corrected chi connectivity index (χ2v) is 4.94. The smallest absolute Gasteiger partial charge is 0.311 e. The normalized spacial score (nSPS) is 11.1. The van der Waals surface area contributed by atoms with E-state index in [1.807, 2.05) is 36.5 Å². The minimum atomic E-state index is -0.382. The molecule has 0 aliphatic carbocycles. The molecule has 2 heterocycles. The van der Waals surface area contributed by atoms with E-state index in [0.29, 0.717) is 28.6 Å². The molecule has 0 spiro atoms. The summed E-state index contributed by atoms with van der Waals surface area (Å²) in [5.41, 5.74) is 1.78. The van der Waals surface area contributed by atoms with E-state index >= 15 is 0 Å². The number of nitrogens with zero attached hydrogens (tertiary/aromatic N) is 4. The molecule has 0 bridgehead atoms. The van der Waals surface area contributed by atoms with Crippen molar-refractivity contribution in [3.63, 3.8) is 0 Å². The lowest BCUT2D eigenvalue weighted by Gasteiger charge is -2.02. The molecular formula is C17H16N4O3. The van der Waals surface area contributed by atoms with E-state index in [4.69, 9.17) is 9.47 Å². The van der Waals surface area contributed by atoms with Crippen LogP contribution in [0, 0.1) is 0 Å². The van der Waals surface area contributed by atoms with Crippen molar-refractivity contribution in [2.45, 2.75) is 6.42 Å². The summed E-state index contributed by atoms with van der Waals surface area (Å²) < 4.78 is 11.8. The van der Waals surface area contributed by atoms with Crippen LogP contribution in [0.1, 0.15) is 5.69 Å². The van der Waals surface area contributed by atoms with Crippen molar-refractivity contribution in [2.24, 2.45) is 10.2 Å². The number of rotatable bonds is 5. The summed E-state index contributed by atoms with van der Waals surface area (Å²) in [7, 11) is 2.92. The molecule has 0 unspecified atom stereocenters. The van der Waals surface area contributed by atoms with Crippen molar-refractivity contribution >= 4 is 23.1 Å². The van der Waals surface area contributed by atoms with Gasteiger partial charge >= 0.3 is 5.97 Å².